The minimum absolute atomic E-state index is 0.290. The number of nitrogens with zero attached hydrogens (tertiary/aromatic N) is 1. The van der Waals surface area contributed by atoms with Crippen LogP contribution in [0, 0.1) is 20.8 Å². The maximum absolute atomic E-state index is 10.9. The van der Waals surface area contributed by atoms with Gasteiger partial charge in [-0.25, -0.2) is 0 Å². The van der Waals surface area contributed by atoms with E-state index in [2.05, 4.69) is 44.9 Å². The SMILES string of the molecule is CC(=O)CCCN(C)CCc1cc(C)c(C)cc1C. The van der Waals surface area contributed by atoms with Gasteiger partial charge in [0.15, 0.2) is 0 Å². The van der Waals surface area contributed by atoms with Crippen LogP contribution < -0.4 is 0 Å². The number of hydrogen-bond acceptors (Lipinski definition) is 2. The van der Waals surface area contributed by atoms with Gasteiger partial charge in [-0.15, -0.1) is 0 Å². The van der Waals surface area contributed by atoms with Crippen LogP contribution >= 0.6 is 0 Å². The fourth-order valence-electron chi connectivity index (χ4n) is 2.31. The molecule has 0 radical (unpaired) electrons. The normalized spacial score (nSPS) is 11.1. The molecule has 1 aromatic rings. The van der Waals surface area contributed by atoms with Crippen molar-refractivity contribution in [1.29, 1.82) is 0 Å². The number of rotatable bonds is 7. The maximum atomic E-state index is 10.9. The fraction of sp³-hybridized carbons (Fsp3) is 0.588. The lowest BCUT2D eigenvalue weighted by molar-refractivity contribution is -0.117. The molecular formula is C17H27NO. The maximum Gasteiger partial charge on any atom is 0.129 e. The molecule has 0 heterocycles. The van der Waals surface area contributed by atoms with E-state index in [1.165, 1.54) is 22.3 Å². The lowest BCUT2D eigenvalue weighted by atomic mass is 9.99. The molecule has 0 saturated carbocycles. The molecule has 1 rings (SSSR count). The van der Waals surface area contributed by atoms with Crippen LogP contribution in [0.4, 0.5) is 0 Å². The van der Waals surface area contributed by atoms with Gasteiger partial charge in [0.25, 0.3) is 0 Å². The summed E-state index contributed by atoms with van der Waals surface area (Å²) in [6, 6.07) is 4.59. The minimum Gasteiger partial charge on any atom is -0.306 e. The number of carbonyl (C=O) groups excluding carboxylic acids is 1. The van der Waals surface area contributed by atoms with E-state index in [-0.39, 0.29) is 0 Å². The second-order valence-electron chi connectivity index (χ2n) is 5.72. The van der Waals surface area contributed by atoms with Gasteiger partial charge < -0.3 is 9.69 Å². The number of aryl methyl sites for hydroxylation is 3. The largest absolute Gasteiger partial charge is 0.306 e. The Morgan fingerprint density at radius 3 is 2.32 bits per heavy atom. The Balaban J connectivity index is 2.44. The zero-order valence-corrected chi connectivity index (χ0v) is 13.0. The number of likely N-dealkylation sites (N-methyl/N-ethyl adjacent to an activating group) is 1. The monoisotopic (exact) mass is 261 g/mol. The van der Waals surface area contributed by atoms with Crippen LogP contribution in [0.5, 0.6) is 0 Å². The molecule has 0 bridgehead atoms. The fourth-order valence-corrected chi connectivity index (χ4v) is 2.31. The summed E-state index contributed by atoms with van der Waals surface area (Å²) < 4.78 is 0. The predicted molar refractivity (Wildman–Crippen MR) is 81.8 cm³/mol. The van der Waals surface area contributed by atoms with E-state index in [0.717, 1.165) is 25.9 Å². The Morgan fingerprint density at radius 2 is 1.68 bits per heavy atom. The lowest BCUT2D eigenvalue weighted by Gasteiger charge is -2.17. The van der Waals surface area contributed by atoms with Crippen LogP contribution in [0.15, 0.2) is 12.1 Å². The zero-order chi connectivity index (χ0) is 14.4. The second kappa shape index (κ2) is 7.44. The average molecular weight is 261 g/mol. The highest BCUT2D eigenvalue weighted by Gasteiger charge is 2.04. The van der Waals surface area contributed by atoms with Gasteiger partial charge in [-0.3, -0.25) is 0 Å². The Hall–Kier alpha value is -1.15. The molecule has 0 unspecified atom stereocenters. The lowest BCUT2D eigenvalue weighted by Crippen LogP contribution is -2.23. The van der Waals surface area contributed by atoms with Crippen molar-refractivity contribution in [2.45, 2.75) is 47.0 Å². The summed E-state index contributed by atoms with van der Waals surface area (Å²) in [4.78, 5) is 13.2. The quantitative estimate of drug-likeness (QED) is 0.749. The van der Waals surface area contributed by atoms with E-state index in [4.69, 9.17) is 0 Å². The molecule has 106 valence electrons. The number of ketones is 1. The van der Waals surface area contributed by atoms with Gasteiger partial charge in [0.05, 0.1) is 0 Å². The van der Waals surface area contributed by atoms with Gasteiger partial charge in [-0.2, -0.15) is 0 Å². The first kappa shape index (κ1) is 15.9. The molecule has 0 spiro atoms. The third-order valence-electron chi connectivity index (χ3n) is 3.78. The molecule has 0 saturated heterocycles. The van der Waals surface area contributed by atoms with Crippen molar-refractivity contribution in [2.24, 2.45) is 0 Å². The standard InChI is InChI=1S/C17H27NO/c1-13-11-15(3)17(12-14(13)2)8-10-18(5)9-6-7-16(4)19/h11-12H,6-10H2,1-5H3. The predicted octanol–water partition coefficient (Wildman–Crippen LogP) is 3.46. The number of hydrogen-bond donors (Lipinski definition) is 0. The van der Waals surface area contributed by atoms with E-state index in [1.807, 2.05) is 0 Å². The third kappa shape index (κ3) is 5.56. The molecule has 0 aliphatic carbocycles. The van der Waals surface area contributed by atoms with Crippen LogP contribution in [-0.4, -0.2) is 30.8 Å². The van der Waals surface area contributed by atoms with Gasteiger partial charge in [0.2, 0.25) is 0 Å². The molecule has 0 N–H and O–H groups in total. The molecule has 2 nitrogen and oxygen atoms in total. The molecule has 0 aliphatic heterocycles. The van der Waals surface area contributed by atoms with Crippen molar-refractivity contribution in [2.75, 3.05) is 20.1 Å². The van der Waals surface area contributed by atoms with E-state index in [0.29, 0.717) is 12.2 Å². The summed E-state index contributed by atoms with van der Waals surface area (Å²) in [5, 5.41) is 0. The second-order valence-corrected chi connectivity index (χ2v) is 5.72. The minimum atomic E-state index is 0.290. The Labute approximate surface area is 117 Å². The van der Waals surface area contributed by atoms with Crippen LogP contribution in [-0.2, 0) is 11.2 Å². The van der Waals surface area contributed by atoms with Gasteiger partial charge in [0, 0.05) is 13.0 Å². The van der Waals surface area contributed by atoms with Gasteiger partial charge >= 0.3 is 0 Å². The molecule has 0 fully saturated rings. The molecule has 0 atom stereocenters. The first-order chi connectivity index (χ1) is 8.90. The van der Waals surface area contributed by atoms with Crippen LogP contribution in [0.1, 0.15) is 42.0 Å². The molecule has 1 aromatic carbocycles. The van der Waals surface area contributed by atoms with Gasteiger partial charge in [-0.1, -0.05) is 12.1 Å². The smallest absolute Gasteiger partial charge is 0.129 e. The van der Waals surface area contributed by atoms with Crippen molar-refractivity contribution in [3.05, 3.63) is 34.4 Å². The number of benzene rings is 1. The summed E-state index contributed by atoms with van der Waals surface area (Å²) in [5.41, 5.74) is 5.58. The zero-order valence-electron chi connectivity index (χ0n) is 13.0. The van der Waals surface area contributed by atoms with E-state index >= 15 is 0 Å². The number of carbonyl (C=O) groups is 1. The highest BCUT2D eigenvalue weighted by atomic mass is 16.1. The van der Waals surface area contributed by atoms with Crippen molar-refractivity contribution in [3.63, 3.8) is 0 Å². The summed E-state index contributed by atoms with van der Waals surface area (Å²) in [6.45, 7) is 10.3. The molecule has 2 heteroatoms. The van der Waals surface area contributed by atoms with E-state index in [9.17, 15) is 4.79 Å². The van der Waals surface area contributed by atoms with Crippen molar-refractivity contribution < 1.29 is 4.79 Å². The Morgan fingerprint density at radius 1 is 1.05 bits per heavy atom. The highest BCUT2D eigenvalue weighted by Crippen LogP contribution is 2.16. The third-order valence-corrected chi connectivity index (χ3v) is 3.78. The summed E-state index contributed by atoms with van der Waals surface area (Å²) in [7, 11) is 2.14. The first-order valence-electron chi connectivity index (χ1n) is 7.15. The van der Waals surface area contributed by atoms with Gasteiger partial charge in [-0.05, 0) is 76.4 Å². The van der Waals surface area contributed by atoms with Gasteiger partial charge in [0.1, 0.15) is 5.78 Å². The highest BCUT2D eigenvalue weighted by molar-refractivity contribution is 5.75. The topological polar surface area (TPSA) is 20.3 Å². The first-order valence-corrected chi connectivity index (χ1v) is 7.15. The molecule has 0 aromatic heterocycles. The van der Waals surface area contributed by atoms with E-state index < -0.39 is 0 Å². The van der Waals surface area contributed by atoms with Crippen molar-refractivity contribution in [3.8, 4) is 0 Å². The molecule has 19 heavy (non-hydrogen) atoms. The van der Waals surface area contributed by atoms with Crippen LogP contribution in [0.2, 0.25) is 0 Å². The Kier molecular flexibility index (Phi) is 6.23. The molecule has 0 amide bonds. The van der Waals surface area contributed by atoms with Crippen LogP contribution in [0.3, 0.4) is 0 Å². The molecular weight excluding hydrogens is 234 g/mol. The average Bonchev–Trinajstić information content (AvgIpc) is 2.31. The van der Waals surface area contributed by atoms with E-state index in [1.54, 1.807) is 6.92 Å². The summed E-state index contributed by atoms with van der Waals surface area (Å²) >= 11 is 0. The Bertz CT molecular complexity index is 437. The summed E-state index contributed by atoms with van der Waals surface area (Å²) in [6.07, 6.45) is 2.76. The summed E-state index contributed by atoms with van der Waals surface area (Å²) in [5.74, 6) is 0.290. The molecule has 0 aliphatic rings. The van der Waals surface area contributed by atoms with Crippen molar-refractivity contribution in [1.82, 2.24) is 4.90 Å². The van der Waals surface area contributed by atoms with Crippen molar-refractivity contribution >= 4 is 5.78 Å². The van der Waals surface area contributed by atoms with Crippen LogP contribution in [0.25, 0.3) is 0 Å². The number of Topliss-reactive ketones (excluding diaryl/α,β-unsaturated/α-hetero) is 1.